The Kier molecular flexibility index (Phi) is 7.37. The second-order valence-corrected chi connectivity index (χ2v) is 6.52. The average Bonchev–Trinajstić information content (AvgIpc) is 2.12. The molecule has 0 saturated heterocycles. The number of hydrogen-bond acceptors (Lipinski definition) is 4. The van der Waals surface area contributed by atoms with Crippen LogP contribution in [0.1, 0.15) is 54.4 Å². The van der Waals surface area contributed by atoms with Crippen molar-refractivity contribution in [3.05, 3.63) is 0 Å². The Balaban J connectivity index is 4.46. The SMILES string of the molecule is CC(C)C[C@H](C[C@@H](O)[C@@H](C)O)NC(=O)OC(C)(C)C. The van der Waals surface area contributed by atoms with Gasteiger partial charge in [0.2, 0.25) is 0 Å². The summed E-state index contributed by atoms with van der Waals surface area (Å²) < 4.78 is 5.20. The van der Waals surface area contributed by atoms with Gasteiger partial charge >= 0.3 is 6.09 Å². The van der Waals surface area contributed by atoms with Crippen molar-refractivity contribution in [2.75, 3.05) is 0 Å². The predicted molar refractivity (Wildman–Crippen MR) is 74.9 cm³/mol. The van der Waals surface area contributed by atoms with E-state index in [1.807, 2.05) is 13.8 Å². The molecule has 5 heteroatoms. The molecule has 0 aliphatic carbocycles. The smallest absolute Gasteiger partial charge is 0.407 e. The number of carbonyl (C=O) groups excluding carboxylic acids is 1. The fourth-order valence-corrected chi connectivity index (χ4v) is 1.75. The Morgan fingerprint density at radius 2 is 1.68 bits per heavy atom. The highest BCUT2D eigenvalue weighted by molar-refractivity contribution is 5.68. The molecule has 0 rings (SSSR count). The predicted octanol–water partition coefficient (Wildman–Crippen LogP) is 2.06. The fourth-order valence-electron chi connectivity index (χ4n) is 1.75. The van der Waals surface area contributed by atoms with Gasteiger partial charge in [0.05, 0.1) is 12.2 Å². The van der Waals surface area contributed by atoms with E-state index in [-0.39, 0.29) is 6.04 Å². The molecule has 19 heavy (non-hydrogen) atoms. The molecule has 0 bridgehead atoms. The Labute approximate surface area is 116 Å². The molecule has 0 unspecified atom stereocenters. The van der Waals surface area contributed by atoms with Gasteiger partial charge in [0.15, 0.2) is 0 Å². The quantitative estimate of drug-likeness (QED) is 0.693. The van der Waals surface area contributed by atoms with Gasteiger partial charge in [-0.2, -0.15) is 0 Å². The number of ether oxygens (including phenoxy) is 1. The van der Waals surface area contributed by atoms with Crippen LogP contribution in [-0.4, -0.2) is 40.2 Å². The first-order chi connectivity index (χ1) is 8.51. The molecule has 3 N–H and O–H groups in total. The maximum absolute atomic E-state index is 11.7. The minimum absolute atomic E-state index is 0.209. The van der Waals surface area contributed by atoms with Crippen LogP contribution >= 0.6 is 0 Å². The first-order valence-electron chi connectivity index (χ1n) is 6.87. The van der Waals surface area contributed by atoms with Crippen molar-refractivity contribution in [2.24, 2.45) is 5.92 Å². The van der Waals surface area contributed by atoms with E-state index in [1.165, 1.54) is 6.92 Å². The van der Waals surface area contributed by atoms with Gasteiger partial charge in [-0.1, -0.05) is 13.8 Å². The van der Waals surface area contributed by atoms with E-state index in [0.717, 1.165) is 6.42 Å². The zero-order valence-corrected chi connectivity index (χ0v) is 12.9. The molecule has 0 aromatic rings. The molecule has 114 valence electrons. The molecule has 0 aliphatic rings. The lowest BCUT2D eigenvalue weighted by atomic mass is 9.97. The molecule has 0 aromatic carbocycles. The highest BCUT2D eigenvalue weighted by atomic mass is 16.6. The molecule has 0 heterocycles. The van der Waals surface area contributed by atoms with Gasteiger partial charge < -0.3 is 20.3 Å². The van der Waals surface area contributed by atoms with Crippen molar-refractivity contribution in [2.45, 2.75) is 78.2 Å². The van der Waals surface area contributed by atoms with Crippen LogP contribution in [0.15, 0.2) is 0 Å². The van der Waals surface area contributed by atoms with Gasteiger partial charge in [-0.3, -0.25) is 0 Å². The standard InChI is InChI=1S/C14H29NO4/c1-9(2)7-11(8-12(17)10(3)16)15-13(18)19-14(4,5)6/h9-12,16-17H,7-8H2,1-6H3,(H,15,18)/t10-,11-,12-/m1/s1. The molecular formula is C14H29NO4. The van der Waals surface area contributed by atoms with E-state index in [4.69, 9.17) is 4.74 Å². The van der Waals surface area contributed by atoms with Crippen molar-refractivity contribution in [3.8, 4) is 0 Å². The van der Waals surface area contributed by atoms with Gasteiger partial charge in [-0.05, 0) is 46.5 Å². The summed E-state index contributed by atoms with van der Waals surface area (Å²) in [6.07, 6.45) is -1.11. The Bertz CT molecular complexity index is 271. The molecule has 0 aromatic heterocycles. The van der Waals surface area contributed by atoms with E-state index >= 15 is 0 Å². The van der Waals surface area contributed by atoms with E-state index < -0.39 is 23.9 Å². The van der Waals surface area contributed by atoms with E-state index in [0.29, 0.717) is 12.3 Å². The van der Waals surface area contributed by atoms with Gasteiger partial charge in [0, 0.05) is 6.04 Å². The van der Waals surface area contributed by atoms with Gasteiger partial charge in [-0.15, -0.1) is 0 Å². The summed E-state index contributed by atoms with van der Waals surface area (Å²) in [7, 11) is 0. The van der Waals surface area contributed by atoms with Crippen LogP contribution in [0.2, 0.25) is 0 Å². The monoisotopic (exact) mass is 275 g/mol. The molecule has 5 nitrogen and oxygen atoms in total. The van der Waals surface area contributed by atoms with Crippen LogP contribution in [0.3, 0.4) is 0 Å². The number of amides is 1. The van der Waals surface area contributed by atoms with Crippen LogP contribution in [0.25, 0.3) is 0 Å². The number of carbonyl (C=O) groups is 1. The topological polar surface area (TPSA) is 78.8 Å². The lowest BCUT2D eigenvalue weighted by Crippen LogP contribution is -2.42. The number of aliphatic hydroxyl groups excluding tert-OH is 2. The average molecular weight is 275 g/mol. The maximum atomic E-state index is 11.7. The summed E-state index contributed by atoms with van der Waals surface area (Å²) in [4.78, 5) is 11.7. The van der Waals surface area contributed by atoms with Crippen molar-refractivity contribution in [3.63, 3.8) is 0 Å². The largest absolute Gasteiger partial charge is 0.444 e. The number of aliphatic hydroxyl groups is 2. The number of hydrogen-bond donors (Lipinski definition) is 3. The van der Waals surface area contributed by atoms with Crippen molar-refractivity contribution >= 4 is 6.09 Å². The summed E-state index contributed by atoms with van der Waals surface area (Å²) in [6, 6.07) is -0.209. The Morgan fingerprint density at radius 3 is 2.05 bits per heavy atom. The second kappa shape index (κ2) is 7.70. The maximum Gasteiger partial charge on any atom is 0.407 e. The second-order valence-electron chi connectivity index (χ2n) is 6.52. The Morgan fingerprint density at radius 1 is 1.16 bits per heavy atom. The van der Waals surface area contributed by atoms with Crippen molar-refractivity contribution < 1.29 is 19.7 Å². The van der Waals surface area contributed by atoms with Crippen molar-refractivity contribution in [1.29, 1.82) is 0 Å². The molecular weight excluding hydrogens is 246 g/mol. The van der Waals surface area contributed by atoms with Crippen LogP contribution < -0.4 is 5.32 Å². The fraction of sp³-hybridized carbons (Fsp3) is 0.929. The lowest BCUT2D eigenvalue weighted by Gasteiger charge is -2.26. The number of nitrogens with one attached hydrogen (secondary N) is 1. The van der Waals surface area contributed by atoms with Gasteiger partial charge in [-0.25, -0.2) is 4.79 Å². The third kappa shape index (κ3) is 9.73. The summed E-state index contributed by atoms with van der Waals surface area (Å²) in [5.74, 6) is 0.376. The van der Waals surface area contributed by atoms with E-state index in [9.17, 15) is 15.0 Å². The third-order valence-corrected chi connectivity index (χ3v) is 2.56. The molecule has 1 amide bonds. The molecule has 0 radical (unpaired) electrons. The summed E-state index contributed by atoms with van der Waals surface area (Å²) in [6.45, 7) is 11.0. The normalized spacial score (nSPS) is 16.9. The minimum Gasteiger partial charge on any atom is -0.444 e. The highest BCUT2D eigenvalue weighted by Crippen LogP contribution is 2.14. The van der Waals surface area contributed by atoms with Crippen LogP contribution in [0.5, 0.6) is 0 Å². The first kappa shape index (κ1) is 18.2. The Hall–Kier alpha value is -0.810. The zero-order valence-electron chi connectivity index (χ0n) is 12.9. The molecule has 0 fully saturated rings. The third-order valence-electron chi connectivity index (χ3n) is 2.56. The number of rotatable bonds is 6. The highest BCUT2D eigenvalue weighted by Gasteiger charge is 2.23. The van der Waals surface area contributed by atoms with Crippen LogP contribution in [0.4, 0.5) is 4.79 Å². The van der Waals surface area contributed by atoms with E-state index in [2.05, 4.69) is 5.32 Å². The lowest BCUT2D eigenvalue weighted by molar-refractivity contribution is 0.0147. The van der Waals surface area contributed by atoms with Gasteiger partial charge in [0.1, 0.15) is 5.60 Å². The molecule has 0 aliphatic heterocycles. The number of alkyl carbamates (subject to hydrolysis) is 1. The minimum atomic E-state index is -0.848. The van der Waals surface area contributed by atoms with Crippen LogP contribution in [0, 0.1) is 5.92 Å². The van der Waals surface area contributed by atoms with E-state index in [1.54, 1.807) is 20.8 Å². The van der Waals surface area contributed by atoms with Crippen LogP contribution in [-0.2, 0) is 4.74 Å². The molecule has 0 spiro atoms. The molecule has 0 saturated carbocycles. The summed E-state index contributed by atoms with van der Waals surface area (Å²) in [5.41, 5.74) is -0.546. The van der Waals surface area contributed by atoms with Crippen molar-refractivity contribution in [1.82, 2.24) is 5.32 Å². The first-order valence-corrected chi connectivity index (χ1v) is 6.87. The van der Waals surface area contributed by atoms with Gasteiger partial charge in [0.25, 0.3) is 0 Å². The summed E-state index contributed by atoms with van der Waals surface area (Å²) >= 11 is 0. The summed E-state index contributed by atoms with van der Waals surface area (Å²) in [5, 5.41) is 21.8. The molecule has 3 atom stereocenters. The zero-order chi connectivity index (χ0) is 15.2.